The lowest BCUT2D eigenvalue weighted by Crippen LogP contribution is -1.83. The molecule has 0 fully saturated rings. The number of hydrogen-bond acceptors (Lipinski definition) is 3. The van der Waals surface area contributed by atoms with Gasteiger partial charge in [0.2, 0.25) is 0 Å². The minimum atomic E-state index is 0.112. The number of aldehydes is 2. The van der Waals surface area contributed by atoms with Gasteiger partial charge >= 0.3 is 0 Å². The third-order valence-corrected chi connectivity index (χ3v) is 2.47. The first-order chi connectivity index (χ1) is 7.31. The lowest BCUT2D eigenvalue weighted by molar-refractivity contribution is 0.108. The van der Waals surface area contributed by atoms with Crippen molar-refractivity contribution in [3.63, 3.8) is 0 Å². The molecule has 15 heavy (non-hydrogen) atoms. The average molecular weight is 202 g/mol. The Morgan fingerprint density at radius 2 is 2.07 bits per heavy atom. The number of furan rings is 1. The highest BCUT2D eigenvalue weighted by Gasteiger charge is 2.14. The molecule has 0 saturated heterocycles. The molecule has 3 nitrogen and oxygen atoms in total. The number of carbonyl (C=O) groups is 2. The zero-order valence-electron chi connectivity index (χ0n) is 8.32. The van der Waals surface area contributed by atoms with Crippen molar-refractivity contribution < 1.29 is 14.0 Å². The van der Waals surface area contributed by atoms with Crippen LogP contribution in [0.3, 0.4) is 0 Å². The van der Waals surface area contributed by atoms with Crippen LogP contribution < -0.4 is 0 Å². The molecule has 0 bridgehead atoms. The molecule has 0 atom stereocenters. The number of aryl methyl sites for hydroxylation is 1. The largest absolute Gasteiger partial charge is 0.452 e. The van der Waals surface area contributed by atoms with E-state index >= 15 is 0 Å². The predicted molar refractivity (Wildman–Crippen MR) is 56.4 cm³/mol. The normalized spacial score (nSPS) is 10.5. The van der Waals surface area contributed by atoms with Crippen molar-refractivity contribution in [3.05, 3.63) is 35.1 Å². The Morgan fingerprint density at radius 3 is 2.67 bits per heavy atom. The molecule has 0 N–H and O–H groups in total. The Balaban J connectivity index is 2.86. The lowest BCUT2D eigenvalue weighted by Gasteiger charge is -1.96. The summed E-state index contributed by atoms with van der Waals surface area (Å²) in [5, 5.41) is 0.714. The van der Waals surface area contributed by atoms with Crippen molar-refractivity contribution in [2.45, 2.75) is 13.3 Å². The Kier molecular flexibility index (Phi) is 2.37. The quantitative estimate of drug-likeness (QED) is 0.719. The first kappa shape index (κ1) is 9.65. The Labute approximate surface area is 86.7 Å². The molecule has 2 rings (SSSR count). The third kappa shape index (κ3) is 1.36. The van der Waals surface area contributed by atoms with E-state index in [4.69, 9.17) is 4.42 Å². The van der Waals surface area contributed by atoms with E-state index in [2.05, 4.69) is 0 Å². The van der Waals surface area contributed by atoms with E-state index in [-0.39, 0.29) is 5.76 Å². The van der Waals surface area contributed by atoms with Gasteiger partial charge in [-0.25, -0.2) is 0 Å². The second-order valence-electron chi connectivity index (χ2n) is 3.26. The maximum Gasteiger partial charge on any atom is 0.186 e. The van der Waals surface area contributed by atoms with Gasteiger partial charge in [-0.1, -0.05) is 25.1 Å². The summed E-state index contributed by atoms with van der Waals surface area (Å²) in [5.74, 6) is 0.112. The van der Waals surface area contributed by atoms with Crippen LogP contribution in [-0.2, 0) is 6.42 Å². The fourth-order valence-corrected chi connectivity index (χ4v) is 1.70. The zero-order chi connectivity index (χ0) is 10.8. The number of hydrogen-bond donors (Lipinski definition) is 0. The highest BCUT2D eigenvalue weighted by Crippen LogP contribution is 2.26. The van der Waals surface area contributed by atoms with Gasteiger partial charge < -0.3 is 4.42 Å². The molecule has 76 valence electrons. The minimum Gasteiger partial charge on any atom is -0.452 e. The van der Waals surface area contributed by atoms with Gasteiger partial charge in [0.25, 0.3) is 0 Å². The molecule has 0 unspecified atom stereocenters. The smallest absolute Gasteiger partial charge is 0.186 e. The first-order valence-corrected chi connectivity index (χ1v) is 4.76. The SMILES string of the molecule is CCc1cccc2c(C=O)c(C=O)oc12. The monoisotopic (exact) mass is 202 g/mol. The molecule has 0 saturated carbocycles. The van der Waals surface area contributed by atoms with Crippen molar-refractivity contribution in [3.8, 4) is 0 Å². The van der Waals surface area contributed by atoms with Gasteiger partial charge in [0.15, 0.2) is 18.3 Å². The maximum absolute atomic E-state index is 10.8. The molecule has 1 aromatic heterocycles. The molecule has 0 aliphatic rings. The highest BCUT2D eigenvalue weighted by atomic mass is 16.3. The van der Waals surface area contributed by atoms with E-state index in [1.54, 1.807) is 6.07 Å². The van der Waals surface area contributed by atoms with Crippen LogP contribution in [0.25, 0.3) is 11.0 Å². The van der Waals surface area contributed by atoms with Gasteiger partial charge in [-0.3, -0.25) is 9.59 Å². The number of benzene rings is 1. The fraction of sp³-hybridized carbons (Fsp3) is 0.167. The molecule has 1 heterocycles. The second kappa shape index (κ2) is 3.69. The van der Waals surface area contributed by atoms with Crippen LogP contribution >= 0.6 is 0 Å². The van der Waals surface area contributed by atoms with Crippen LogP contribution in [0.1, 0.15) is 33.4 Å². The number of para-hydroxylation sites is 1. The molecule has 0 radical (unpaired) electrons. The van der Waals surface area contributed by atoms with Crippen molar-refractivity contribution in [1.29, 1.82) is 0 Å². The van der Waals surface area contributed by atoms with E-state index in [0.29, 0.717) is 29.1 Å². The van der Waals surface area contributed by atoms with E-state index < -0.39 is 0 Å². The van der Waals surface area contributed by atoms with Gasteiger partial charge in [0.1, 0.15) is 5.58 Å². The molecule has 0 aliphatic carbocycles. The molecule has 0 aliphatic heterocycles. The summed E-state index contributed by atoms with van der Waals surface area (Å²) in [6, 6.07) is 5.57. The summed E-state index contributed by atoms with van der Waals surface area (Å²) < 4.78 is 5.36. The van der Waals surface area contributed by atoms with E-state index in [9.17, 15) is 9.59 Å². The molecular weight excluding hydrogens is 192 g/mol. The van der Waals surface area contributed by atoms with Gasteiger partial charge in [-0.2, -0.15) is 0 Å². The van der Waals surface area contributed by atoms with Crippen LogP contribution in [0, 0.1) is 0 Å². The Morgan fingerprint density at radius 1 is 1.27 bits per heavy atom. The van der Waals surface area contributed by atoms with Crippen molar-refractivity contribution >= 4 is 23.5 Å². The fourth-order valence-electron chi connectivity index (χ4n) is 1.70. The van der Waals surface area contributed by atoms with Crippen molar-refractivity contribution in [2.24, 2.45) is 0 Å². The van der Waals surface area contributed by atoms with Gasteiger partial charge in [0.05, 0.1) is 5.56 Å². The van der Waals surface area contributed by atoms with Gasteiger partial charge in [-0.05, 0) is 12.0 Å². The summed E-state index contributed by atoms with van der Waals surface area (Å²) in [6.45, 7) is 2.00. The third-order valence-electron chi connectivity index (χ3n) is 2.47. The predicted octanol–water partition coefficient (Wildman–Crippen LogP) is 2.62. The Hall–Kier alpha value is -1.90. The number of fused-ring (bicyclic) bond motifs is 1. The average Bonchev–Trinajstić information content (AvgIpc) is 2.66. The van der Waals surface area contributed by atoms with Crippen molar-refractivity contribution in [2.75, 3.05) is 0 Å². The van der Waals surface area contributed by atoms with E-state index in [1.807, 2.05) is 19.1 Å². The molecular formula is C12H10O3. The van der Waals surface area contributed by atoms with Crippen LogP contribution in [0.5, 0.6) is 0 Å². The zero-order valence-corrected chi connectivity index (χ0v) is 8.32. The maximum atomic E-state index is 10.8. The number of rotatable bonds is 3. The van der Waals surface area contributed by atoms with Gasteiger partial charge in [-0.15, -0.1) is 0 Å². The van der Waals surface area contributed by atoms with Crippen LogP contribution in [0.2, 0.25) is 0 Å². The lowest BCUT2D eigenvalue weighted by atomic mass is 10.1. The molecule has 0 amide bonds. The summed E-state index contributed by atoms with van der Waals surface area (Å²) in [5.41, 5.74) is 1.99. The number of carbonyl (C=O) groups excluding carboxylic acids is 2. The van der Waals surface area contributed by atoms with Crippen molar-refractivity contribution in [1.82, 2.24) is 0 Å². The second-order valence-corrected chi connectivity index (χ2v) is 3.26. The topological polar surface area (TPSA) is 47.3 Å². The molecule has 0 spiro atoms. The summed E-state index contributed by atoms with van der Waals surface area (Å²) in [7, 11) is 0. The molecule has 2 aromatic rings. The summed E-state index contributed by atoms with van der Waals surface area (Å²) in [4.78, 5) is 21.5. The summed E-state index contributed by atoms with van der Waals surface area (Å²) in [6.07, 6.45) is 2.04. The first-order valence-electron chi connectivity index (χ1n) is 4.76. The Bertz CT molecular complexity index is 523. The minimum absolute atomic E-state index is 0.112. The standard InChI is InChI=1S/C12H10O3/c1-2-8-4-3-5-9-10(6-13)11(7-14)15-12(8)9/h3-7H,2H2,1H3. The molecule has 3 heteroatoms. The van der Waals surface area contributed by atoms with E-state index in [0.717, 1.165) is 12.0 Å². The van der Waals surface area contributed by atoms with Crippen LogP contribution in [0.4, 0.5) is 0 Å². The highest BCUT2D eigenvalue weighted by molar-refractivity contribution is 6.03. The van der Waals surface area contributed by atoms with Crippen LogP contribution in [-0.4, -0.2) is 12.6 Å². The summed E-state index contributed by atoms with van der Waals surface area (Å²) >= 11 is 0. The van der Waals surface area contributed by atoms with Gasteiger partial charge in [0, 0.05) is 5.39 Å². The van der Waals surface area contributed by atoms with Crippen LogP contribution in [0.15, 0.2) is 22.6 Å². The molecule has 1 aromatic carbocycles. The van der Waals surface area contributed by atoms with E-state index in [1.165, 1.54) is 0 Å².